The minimum absolute atomic E-state index is 0.173. The van der Waals surface area contributed by atoms with E-state index in [1.807, 2.05) is 42.5 Å². The highest BCUT2D eigenvalue weighted by Gasteiger charge is 2.61. The minimum Gasteiger partial charge on any atom is -0.394 e. The fraction of sp³-hybridized carbons (Fsp3) is 0.808. The second-order valence-electron chi connectivity index (χ2n) is 22.4. The van der Waals surface area contributed by atoms with Crippen molar-refractivity contribution in [1.82, 2.24) is 0 Å². The van der Waals surface area contributed by atoms with Crippen molar-refractivity contribution in [3.8, 4) is 0 Å². The molecule has 22 aliphatic rings. The van der Waals surface area contributed by atoms with E-state index in [0.29, 0.717) is 0 Å². The number of fused-ring (bicyclic) bond motifs is 1. The first-order valence-electron chi connectivity index (χ1n) is 28.2. The first kappa shape index (κ1) is 66.5. The van der Waals surface area contributed by atoms with Gasteiger partial charge >= 0.3 is 0 Å². The van der Waals surface area contributed by atoms with Crippen LogP contribution < -0.4 is 0 Å². The van der Waals surface area contributed by atoms with E-state index in [9.17, 15) is 91.9 Å². The maximum atomic E-state index is 11.8. The topological polar surface area (TPSA) is 503 Å². The van der Waals surface area contributed by atoms with Gasteiger partial charge in [-0.2, -0.15) is 0 Å². The van der Waals surface area contributed by atoms with Crippen molar-refractivity contribution in [2.24, 2.45) is 0 Å². The summed E-state index contributed by atoms with van der Waals surface area (Å²) >= 11 is 0. The highest BCUT2D eigenvalue weighted by molar-refractivity contribution is 8.77. The molecule has 16 bridgehead atoms. The number of aliphatic hydroxyl groups is 18. The van der Waals surface area contributed by atoms with E-state index in [4.69, 9.17) is 71.1 Å². The SMILES string of the molecule is OC[C@H]1O[C@@H]2O[C@H]3[C@H](O)[C@@H](O)[C@@H](O[C@H]4[C@H](O)[C@@H](O)[C@@H](O[C@H]5[C@@H]6OC[C@H]5O[C@H](O[C@H]5[C@H](O)[C@@H](O)[C@@H](O[C@H]7[C@H](O)[C@@H](O)[C@@H](O[C@H]8[C@H](O)[C@@H](O)[C@@H](O[C@H]1[C@H](O)[C@H]2O)O[C@@H]8CO)O[C@@H]7CO)O[C@@H]5CO)[C@@H]6SSc1ccc2ccccc2c1)O[C@@H]4CO)O[C@@H]3CO. The van der Waals surface area contributed by atoms with Crippen LogP contribution >= 0.6 is 21.6 Å². The Morgan fingerprint density at radius 2 is 0.609 bits per heavy atom. The summed E-state index contributed by atoms with van der Waals surface area (Å²) in [6.45, 7) is -6.04. The number of benzene rings is 2. The Morgan fingerprint density at radius 1 is 0.310 bits per heavy atom. The Kier molecular flexibility index (Phi) is 21.7. The van der Waals surface area contributed by atoms with Crippen LogP contribution in [0.5, 0.6) is 0 Å². The van der Waals surface area contributed by atoms with Crippen LogP contribution in [-0.2, 0) is 71.1 Å². The summed E-state index contributed by atoms with van der Waals surface area (Å²) in [6, 6.07) is 13.3. The van der Waals surface area contributed by atoms with Gasteiger partial charge in [0.1, 0.15) is 165 Å². The van der Waals surface area contributed by atoms with Crippen molar-refractivity contribution in [2.45, 2.75) is 219 Å². The highest BCUT2D eigenvalue weighted by atomic mass is 33.1. The molecule has 35 atom stereocenters. The summed E-state index contributed by atoms with van der Waals surface area (Å²) in [5.41, 5.74) is 0. The third kappa shape index (κ3) is 13.1. The largest absolute Gasteiger partial charge is 0.394 e. The molecule has 2 aromatic carbocycles. The van der Waals surface area contributed by atoms with Crippen LogP contribution in [0.1, 0.15) is 0 Å². The van der Waals surface area contributed by atoms with Gasteiger partial charge in [-0.25, -0.2) is 0 Å². The zero-order valence-corrected chi connectivity index (χ0v) is 47.3. The second kappa shape index (κ2) is 28.3. The summed E-state index contributed by atoms with van der Waals surface area (Å²) in [7, 11) is 2.44. The van der Waals surface area contributed by atoms with Gasteiger partial charge in [0.15, 0.2) is 44.0 Å². The van der Waals surface area contributed by atoms with Crippen molar-refractivity contribution in [2.75, 3.05) is 46.2 Å². The smallest absolute Gasteiger partial charge is 0.187 e. The van der Waals surface area contributed by atoms with Crippen molar-refractivity contribution in [3.63, 3.8) is 0 Å². The average molecular weight is 1290 g/mol. The van der Waals surface area contributed by atoms with Gasteiger partial charge in [0.2, 0.25) is 0 Å². The van der Waals surface area contributed by atoms with Crippen molar-refractivity contribution in [1.29, 1.82) is 0 Å². The molecule has 35 heteroatoms. The molecule has 0 aromatic heterocycles. The molecular formula is C52H74O33S2. The van der Waals surface area contributed by atoms with Crippen molar-refractivity contribution >= 4 is 32.4 Å². The number of hydrogen-bond donors (Lipinski definition) is 18. The quantitative estimate of drug-likeness (QED) is 0.104. The number of rotatable bonds is 9. The van der Waals surface area contributed by atoms with Gasteiger partial charge in [0, 0.05) is 4.90 Å². The Hall–Kier alpha value is -1.92. The van der Waals surface area contributed by atoms with Gasteiger partial charge < -0.3 is 163 Å². The summed E-state index contributed by atoms with van der Waals surface area (Å²) in [5, 5.41) is 203. The molecule has 87 heavy (non-hydrogen) atoms. The monoisotopic (exact) mass is 1290 g/mol. The normalized spacial score (nSPS) is 50.9. The summed E-state index contributed by atoms with van der Waals surface area (Å²) in [4.78, 5) is 0.755. The van der Waals surface area contributed by atoms with Crippen molar-refractivity contribution in [3.05, 3.63) is 42.5 Å². The average Bonchev–Trinajstić information content (AvgIpc) is 2.26. The molecule has 0 aliphatic carbocycles. The predicted octanol–water partition coefficient (Wildman–Crippen LogP) is -9.58. The van der Waals surface area contributed by atoms with Crippen LogP contribution in [0.3, 0.4) is 0 Å². The molecular weight excluding hydrogens is 1220 g/mol. The Labute approximate surface area is 501 Å². The highest BCUT2D eigenvalue weighted by Crippen LogP contribution is 2.48. The first-order valence-corrected chi connectivity index (χ1v) is 30.4. The Balaban J connectivity index is 0.889. The maximum Gasteiger partial charge on any atom is 0.187 e. The lowest BCUT2D eigenvalue weighted by Crippen LogP contribution is -2.68. The number of aliphatic hydroxyl groups excluding tert-OH is 18. The second-order valence-corrected chi connectivity index (χ2v) is 24.9. The zero-order chi connectivity index (χ0) is 61.9. The van der Waals surface area contributed by atoms with E-state index in [0.717, 1.165) is 15.7 Å². The number of hydrogen-bond acceptors (Lipinski definition) is 35. The molecule has 0 saturated carbocycles. The van der Waals surface area contributed by atoms with E-state index in [2.05, 4.69) is 0 Å². The molecule has 22 fully saturated rings. The van der Waals surface area contributed by atoms with E-state index < -0.39 is 254 Å². The molecule has 0 radical (unpaired) electrons. The Morgan fingerprint density at radius 3 is 0.931 bits per heavy atom. The van der Waals surface area contributed by atoms with E-state index >= 15 is 0 Å². The van der Waals surface area contributed by atoms with Crippen LogP contribution in [0.4, 0.5) is 0 Å². The molecule has 22 aliphatic heterocycles. The van der Waals surface area contributed by atoms with Gasteiger partial charge in [-0.3, -0.25) is 0 Å². The molecule has 492 valence electrons. The van der Waals surface area contributed by atoms with Gasteiger partial charge in [0.25, 0.3) is 0 Å². The molecule has 24 rings (SSSR count). The van der Waals surface area contributed by atoms with Gasteiger partial charge in [-0.1, -0.05) is 51.9 Å². The van der Waals surface area contributed by atoms with E-state index in [-0.39, 0.29) is 6.61 Å². The fourth-order valence-corrected chi connectivity index (χ4v) is 14.9. The van der Waals surface area contributed by atoms with Crippen LogP contribution in [0.25, 0.3) is 10.8 Å². The molecule has 0 amide bonds. The zero-order valence-electron chi connectivity index (χ0n) is 45.7. The lowest BCUT2D eigenvalue weighted by atomic mass is 9.95. The van der Waals surface area contributed by atoms with Gasteiger partial charge in [0.05, 0.1) is 51.5 Å². The van der Waals surface area contributed by atoms with Crippen molar-refractivity contribution < 1.29 is 163 Å². The predicted molar refractivity (Wildman–Crippen MR) is 280 cm³/mol. The molecule has 0 unspecified atom stereocenters. The Bertz CT molecular complexity index is 2530. The molecule has 2 aromatic rings. The molecule has 18 N–H and O–H groups in total. The van der Waals surface area contributed by atoms with Crippen LogP contribution in [0.2, 0.25) is 0 Å². The minimum atomic E-state index is -2.19. The molecule has 22 saturated heterocycles. The fourth-order valence-electron chi connectivity index (χ4n) is 12.2. The maximum absolute atomic E-state index is 11.8. The molecule has 22 heterocycles. The van der Waals surface area contributed by atoms with E-state index in [1.165, 1.54) is 21.6 Å². The number of ether oxygens (including phenoxy) is 15. The molecule has 33 nitrogen and oxygen atoms in total. The lowest BCUT2D eigenvalue weighted by Gasteiger charge is -2.50. The summed E-state index contributed by atoms with van der Waals surface area (Å²) < 4.78 is 89.7. The van der Waals surface area contributed by atoms with Crippen LogP contribution in [0, 0.1) is 0 Å². The summed E-state index contributed by atoms with van der Waals surface area (Å²) in [6.07, 6.45) is -62.4. The third-order valence-corrected chi connectivity index (χ3v) is 19.8. The molecule has 0 spiro atoms. The van der Waals surface area contributed by atoms with Crippen LogP contribution in [-0.4, -0.2) is 352 Å². The van der Waals surface area contributed by atoms with E-state index in [1.54, 1.807) is 0 Å². The lowest BCUT2D eigenvalue weighted by molar-refractivity contribution is -0.396. The third-order valence-electron chi connectivity index (χ3n) is 17.0. The first-order chi connectivity index (χ1) is 41.8. The van der Waals surface area contributed by atoms with Gasteiger partial charge in [-0.05, 0) is 22.9 Å². The van der Waals surface area contributed by atoms with Gasteiger partial charge in [-0.15, -0.1) is 0 Å². The standard InChI is InChI=1S/C52H74O33S2/c53-8-18-37-25(59)32(66)47(73-18)81-39-20(10-55)75-49(34(68)27(39)61)83-41-22(12-57)77-51(36(70)29(41)63)85-43-24-14-71-44(43)45(87-86-17-6-5-15-3-1-2-4-16(15)7-17)52(78-24)84-42-23(13-58)76-50(35(69)30(42)64)82-40-21(11-56)74-48(33(67)28(40)62)80-38-19(9-54)72-46(79-37)31(65)26(38)60/h1-7,18-70H,8-14H2/t18-,19-,20-,21-,22-,23-,24-,25-,26-,27-,28-,29-,30-,31-,32-,33-,34-,35-,36-,37-,38-,39-,40-,41-,42-,43-,44+,45-,46-,47-,48-,49-,50-,51-,52-/m1/s1. The van der Waals surface area contributed by atoms with Crippen LogP contribution in [0.15, 0.2) is 47.4 Å². The summed E-state index contributed by atoms with van der Waals surface area (Å²) in [5.74, 6) is 0.